The van der Waals surface area contributed by atoms with E-state index in [4.69, 9.17) is 15.9 Å². The fraction of sp³-hybridized carbons (Fsp3) is 0.333. The van der Waals surface area contributed by atoms with E-state index in [0.29, 0.717) is 5.56 Å². The number of anilines is 1. The van der Waals surface area contributed by atoms with E-state index in [0.717, 1.165) is 16.7 Å². The quantitative estimate of drug-likeness (QED) is 0.628. The van der Waals surface area contributed by atoms with Gasteiger partial charge in [0.1, 0.15) is 6.04 Å². The highest BCUT2D eigenvalue weighted by Gasteiger charge is 2.40. The molecule has 0 radical (unpaired) electrons. The minimum Gasteiger partial charge on any atom is -0.480 e. The SMILES string of the molecule is Cc1ccc(C(=O)O)cc1N1C(=O)C[C@H](SC[C@@H](N)C(=O)O)C1=O. The lowest BCUT2D eigenvalue weighted by molar-refractivity contribution is -0.138. The Bertz CT molecular complexity index is 720. The second-order valence-corrected chi connectivity index (χ2v) is 6.58. The highest BCUT2D eigenvalue weighted by atomic mass is 32.2. The van der Waals surface area contributed by atoms with Crippen LogP contribution in [0.2, 0.25) is 0 Å². The molecule has 1 aliphatic heterocycles. The lowest BCUT2D eigenvalue weighted by Gasteiger charge is -2.18. The number of carbonyl (C=O) groups is 4. The lowest BCUT2D eigenvalue weighted by Crippen LogP contribution is -2.35. The number of benzene rings is 1. The summed E-state index contributed by atoms with van der Waals surface area (Å²) in [4.78, 5) is 47.5. The third-order valence-electron chi connectivity index (χ3n) is 3.60. The fourth-order valence-electron chi connectivity index (χ4n) is 2.26. The number of imide groups is 1. The van der Waals surface area contributed by atoms with Gasteiger partial charge < -0.3 is 15.9 Å². The van der Waals surface area contributed by atoms with Crippen LogP contribution in [0.4, 0.5) is 5.69 Å². The van der Waals surface area contributed by atoms with Gasteiger partial charge in [-0.1, -0.05) is 6.07 Å². The lowest BCUT2D eigenvalue weighted by atomic mass is 10.1. The molecule has 1 aromatic carbocycles. The average Bonchev–Trinajstić information content (AvgIpc) is 2.79. The summed E-state index contributed by atoms with van der Waals surface area (Å²) in [6, 6.07) is 3.08. The molecule has 0 aliphatic carbocycles. The second-order valence-electron chi connectivity index (χ2n) is 5.34. The van der Waals surface area contributed by atoms with Crippen LogP contribution in [-0.4, -0.2) is 51.0 Å². The van der Waals surface area contributed by atoms with Gasteiger partial charge in [0.2, 0.25) is 11.8 Å². The molecular formula is C15H16N2O6S. The summed E-state index contributed by atoms with van der Waals surface area (Å²) in [6.45, 7) is 1.67. The maximum Gasteiger partial charge on any atom is 0.335 e. The van der Waals surface area contributed by atoms with Crippen LogP contribution in [0.5, 0.6) is 0 Å². The zero-order valence-electron chi connectivity index (χ0n) is 12.8. The summed E-state index contributed by atoms with van der Waals surface area (Å²) in [7, 11) is 0. The molecule has 1 aliphatic rings. The molecule has 1 aromatic rings. The summed E-state index contributed by atoms with van der Waals surface area (Å²) in [5, 5.41) is 17.1. The summed E-state index contributed by atoms with van der Waals surface area (Å²) < 4.78 is 0. The maximum atomic E-state index is 12.5. The van der Waals surface area contributed by atoms with E-state index in [9.17, 15) is 19.2 Å². The Morgan fingerprint density at radius 2 is 2.04 bits per heavy atom. The number of aromatic carboxylic acids is 1. The molecule has 1 heterocycles. The molecule has 0 bridgehead atoms. The van der Waals surface area contributed by atoms with Gasteiger partial charge in [-0.3, -0.25) is 14.4 Å². The standard InChI is InChI=1S/C15H16N2O6S/c1-7-2-3-8(14(20)21)4-10(7)17-12(18)5-11(13(17)19)24-6-9(16)15(22)23/h2-4,9,11H,5-6,16H2,1H3,(H,20,21)(H,22,23)/t9-,11+/m1/s1. The zero-order valence-corrected chi connectivity index (χ0v) is 13.6. The van der Waals surface area contributed by atoms with Gasteiger partial charge in [-0.25, -0.2) is 9.69 Å². The predicted octanol–water partition coefficient (Wildman–Crippen LogP) is 0.470. The molecule has 2 amide bonds. The normalized spacial score (nSPS) is 18.8. The first-order chi connectivity index (χ1) is 11.2. The van der Waals surface area contributed by atoms with Crippen molar-refractivity contribution in [2.75, 3.05) is 10.7 Å². The molecule has 0 aromatic heterocycles. The van der Waals surface area contributed by atoms with E-state index in [-0.39, 0.29) is 23.4 Å². The number of hydrogen-bond acceptors (Lipinski definition) is 6. The van der Waals surface area contributed by atoms with E-state index < -0.39 is 35.0 Å². The number of nitrogens with zero attached hydrogens (tertiary/aromatic N) is 1. The highest BCUT2D eigenvalue weighted by molar-refractivity contribution is 8.00. The first kappa shape index (κ1) is 18.0. The van der Waals surface area contributed by atoms with Gasteiger partial charge in [-0.2, -0.15) is 0 Å². The van der Waals surface area contributed by atoms with Crippen molar-refractivity contribution in [1.29, 1.82) is 0 Å². The van der Waals surface area contributed by atoms with Crippen molar-refractivity contribution in [3.05, 3.63) is 29.3 Å². The van der Waals surface area contributed by atoms with Crippen LogP contribution in [0.25, 0.3) is 0 Å². The van der Waals surface area contributed by atoms with Crippen molar-refractivity contribution in [3.63, 3.8) is 0 Å². The minimum atomic E-state index is -1.18. The Hall–Kier alpha value is -2.39. The molecule has 4 N–H and O–H groups in total. The second kappa shape index (κ2) is 7.02. The van der Waals surface area contributed by atoms with Gasteiger partial charge in [0.15, 0.2) is 0 Å². The third kappa shape index (κ3) is 3.57. The summed E-state index contributed by atoms with van der Waals surface area (Å²) in [5.41, 5.74) is 6.20. The molecule has 1 saturated heterocycles. The van der Waals surface area contributed by atoms with Crippen LogP contribution in [0.15, 0.2) is 18.2 Å². The van der Waals surface area contributed by atoms with Gasteiger partial charge in [0, 0.05) is 12.2 Å². The van der Waals surface area contributed by atoms with Crippen LogP contribution in [0.1, 0.15) is 22.3 Å². The molecular weight excluding hydrogens is 336 g/mol. The molecule has 8 nitrogen and oxygen atoms in total. The molecule has 2 rings (SSSR count). The largest absolute Gasteiger partial charge is 0.480 e. The molecule has 128 valence electrons. The summed E-state index contributed by atoms with van der Waals surface area (Å²) >= 11 is 1.01. The zero-order chi connectivity index (χ0) is 18.0. The summed E-state index contributed by atoms with van der Waals surface area (Å²) in [5.74, 6) is -3.28. The molecule has 0 unspecified atom stereocenters. The number of amides is 2. The van der Waals surface area contributed by atoms with Crippen molar-refractivity contribution < 1.29 is 29.4 Å². The fourth-order valence-corrected chi connectivity index (χ4v) is 3.35. The van der Waals surface area contributed by atoms with E-state index in [1.54, 1.807) is 6.92 Å². The Morgan fingerprint density at radius 3 is 2.62 bits per heavy atom. The van der Waals surface area contributed by atoms with Gasteiger partial charge >= 0.3 is 11.9 Å². The molecule has 9 heteroatoms. The van der Waals surface area contributed by atoms with Crippen LogP contribution < -0.4 is 10.6 Å². The number of rotatable bonds is 6. The number of carboxylic acid groups (broad SMARTS) is 2. The van der Waals surface area contributed by atoms with Crippen LogP contribution in [0.3, 0.4) is 0 Å². The minimum absolute atomic E-state index is 0.001000. The number of aryl methyl sites for hydroxylation is 1. The van der Waals surface area contributed by atoms with Crippen molar-refractivity contribution >= 4 is 41.2 Å². The van der Waals surface area contributed by atoms with Gasteiger partial charge in [0.25, 0.3) is 0 Å². The monoisotopic (exact) mass is 352 g/mol. The van der Waals surface area contributed by atoms with Gasteiger partial charge in [0.05, 0.1) is 16.5 Å². The van der Waals surface area contributed by atoms with Crippen LogP contribution in [0, 0.1) is 6.92 Å². The first-order valence-corrected chi connectivity index (χ1v) is 8.08. The van der Waals surface area contributed by atoms with Crippen molar-refractivity contribution in [1.82, 2.24) is 0 Å². The third-order valence-corrected chi connectivity index (χ3v) is 4.92. The van der Waals surface area contributed by atoms with E-state index >= 15 is 0 Å². The number of carboxylic acids is 2. The molecule has 24 heavy (non-hydrogen) atoms. The Labute approximate surface area is 141 Å². The topological polar surface area (TPSA) is 138 Å². The summed E-state index contributed by atoms with van der Waals surface area (Å²) in [6.07, 6.45) is -0.0768. The number of hydrogen-bond donors (Lipinski definition) is 3. The Kier molecular flexibility index (Phi) is 5.25. The Balaban J connectivity index is 2.22. The van der Waals surface area contributed by atoms with Crippen LogP contribution in [-0.2, 0) is 14.4 Å². The van der Waals surface area contributed by atoms with E-state index in [1.807, 2.05) is 0 Å². The first-order valence-electron chi connectivity index (χ1n) is 7.03. The smallest absolute Gasteiger partial charge is 0.335 e. The van der Waals surface area contributed by atoms with Crippen molar-refractivity contribution in [2.45, 2.75) is 24.6 Å². The Morgan fingerprint density at radius 1 is 1.38 bits per heavy atom. The van der Waals surface area contributed by atoms with Crippen molar-refractivity contribution in [3.8, 4) is 0 Å². The van der Waals surface area contributed by atoms with Crippen molar-refractivity contribution in [2.24, 2.45) is 5.73 Å². The number of carbonyl (C=O) groups excluding carboxylic acids is 2. The van der Waals surface area contributed by atoms with E-state index in [2.05, 4.69) is 0 Å². The molecule has 0 saturated carbocycles. The van der Waals surface area contributed by atoms with E-state index in [1.165, 1.54) is 18.2 Å². The van der Waals surface area contributed by atoms with Crippen LogP contribution >= 0.6 is 11.8 Å². The molecule has 2 atom stereocenters. The van der Waals surface area contributed by atoms with Gasteiger partial charge in [-0.05, 0) is 24.6 Å². The maximum absolute atomic E-state index is 12.5. The molecule has 0 spiro atoms. The van der Waals surface area contributed by atoms with Gasteiger partial charge in [-0.15, -0.1) is 11.8 Å². The predicted molar refractivity (Wildman–Crippen MR) is 87.1 cm³/mol. The number of aliphatic carboxylic acids is 1. The number of thioether (sulfide) groups is 1. The number of nitrogens with two attached hydrogens (primary N) is 1. The highest BCUT2D eigenvalue weighted by Crippen LogP contribution is 2.32. The average molecular weight is 352 g/mol. The molecule has 1 fully saturated rings.